The minimum absolute atomic E-state index is 0.903. The van der Waals surface area contributed by atoms with Crippen LogP contribution in [0.3, 0.4) is 0 Å². The fraction of sp³-hybridized carbons (Fsp3) is 0.455. The summed E-state index contributed by atoms with van der Waals surface area (Å²) in [6.45, 7) is 2.14. The van der Waals surface area contributed by atoms with Gasteiger partial charge in [0.25, 0.3) is 0 Å². The van der Waals surface area contributed by atoms with E-state index in [-0.39, 0.29) is 0 Å². The Morgan fingerprint density at radius 2 is 1.69 bits per heavy atom. The van der Waals surface area contributed by atoms with E-state index in [1.54, 1.807) is 0 Å². The maximum absolute atomic E-state index is 8.56. The van der Waals surface area contributed by atoms with Crippen LogP contribution in [-0.2, 0) is 0 Å². The van der Waals surface area contributed by atoms with Crippen LogP contribution in [-0.4, -0.2) is 7.05 Å². The topological polar surface area (TPSA) is 29.4 Å². The van der Waals surface area contributed by atoms with Crippen molar-refractivity contribution in [1.82, 2.24) is 0 Å². The van der Waals surface area contributed by atoms with E-state index >= 15 is 0 Å². The quantitative estimate of drug-likeness (QED) is 0.605. The van der Waals surface area contributed by atoms with Gasteiger partial charge in [0.05, 0.1) is 7.05 Å². The van der Waals surface area contributed by atoms with Crippen molar-refractivity contribution in [2.75, 3.05) is 7.05 Å². The summed E-state index contributed by atoms with van der Waals surface area (Å²) in [4.78, 5) is 8.56. The second-order valence-corrected chi connectivity index (χ2v) is 3.37. The summed E-state index contributed by atoms with van der Waals surface area (Å²) in [6.07, 6.45) is 2.81. The summed E-state index contributed by atoms with van der Waals surface area (Å²) >= 11 is 0. The number of hydrogen-bond donors (Lipinski definition) is 0. The number of aryl methyl sites for hydroxylation is 1. The lowest BCUT2D eigenvalue weighted by Gasteiger charge is -1.96. The molecule has 1 aliphatic carbocycles. The molecule has 0 atom stereocenters. The molecule has 70 valence electrons. The first-order valence-corrected chi connectivity index (χ1v) is 4.56. The maximum Gasteiger partial charge on any atom is 0.0700 e. The van der Waals surface area contributed by atoms with Crippen LogP contribution in [0.1, 0.15) is 29.9 Å². The van der Waals surface area contributed by atoms with Gasteiger partial charge in [-0.3, -0.25) is 0 Å². The van der Waals surface area contributed by atoms with Crippen LogP contribution < -0.4 is 0 Å². The Balaban J connectivity index is 0.000000251. The minimum atomic E-state index is 0.903. The van der Waals surface area contributed by atoms with E-state index in [0.29, 0.717) is 0 Å². The van der Waals surface area contributed by atoms with E-state index in [9.17, 15) is 0 Å². The normalized spacial score (nSPS) is 14.3. The smallest absolute Gasteiger partial charge is 0.0700 e. The molecule has 0 spiro atoms. The molecular weight excluding hydrogens is 162 g/mol. The molecule has 2 heteroatoms. The molecule has 2 nitrogen and oxygen atoms in total. The van der Waals surface area contributed by atoms with Gasteiger partial charge in [-0.15, -0.1) is 0 Å². The Kier molecular flexibility index (Phi) is 3.62. The molecule has 0 bridgehead atoms. The van der Waals surface area contributed by atoms with Crippen LogP contribution in [0.25, 0.3) is 0 Å². The average Bonchev–Trinajstić information content (AvgIpc) is 2.90. The van der Waals surface area contributed by atoms with Crippen LogP contribution in [0.2, 0.25) is 0 Å². The predicted molar refractivity (Wildman–Crippen MR) is 54.9 cm³/mol. The highest BCUT2D eigenvalue weighted by atomic mass is 16.2. The van der Waals surface area contributed by atoms with Gasteiger partial charge in [0, 0.05) is 0 Å². The molecular formula is C11H15NO. The summed E-state index contributed by atoms with van der Waals surface area (Å²) in [6, 6.07) is 8.92. The van der Waals surface area contributed by atoms with Gasteiger partial charge in [0.2, 0.25) is 0 Å². The van der Waals surface area contributed by atoms with Crippen molar-refractivity contribution in [3.05, 3.63) is 40.3 Å². The van der Waals surface area contributed by atoms with Crippen molar-refractivity contribution < 1.29 is 0 Å². The molecule has 0 N–H and O–H groups in total. The Hall–Kier alpha value is -1.18. The highest BCUT2D eigenvalue weighted by Gasteiger charge is 2.22. The Bertz CT molecular complexity index is 262. The van der Waals surface area contributed by atoms with Gasteiger partial charge in [-0.25, -0.2) is 0 Å². The molecule has 1 fully saturated rings. The van der Waals surface area contributed by atoms with E-state index < -0.39 is 0 Å². The van der Waals surface area contributed by atoms with Crippen LogP contribution in [0.5, 0.6) is 0 Å². The van der Waals surface area contributed by atoms with Crippen LogP contribution >= 0.6 is 0 Å². The second-order valence-electron chi connectivity index (χ2n) is 3.37. The van der Waals surface area contributed by atoms with Crippen molar-refractivity contribution in [2.45, 2.75) is 25.7 Å². The number of nitroso groups, excluding NO2 is 1. The van der Waals surface area contributed by atoms with Crippen molar-refractivity contribution in [3.63, 3.8) is 0 Å². The molecule has 1 aliphatic rings. The predicted octanol–water partition coefficient (Wildman–Crippen LogP) is 3.26. The fourth-order valence-electron chi connectivity index (χ4n) is 1.26. The molecule has 1 aromatic rings. The molecule has 0 unspecified atom stereocenters. The minimum Gasteiger partial charge on any atom is -0.151 e. The highest BCUT2D eigenvalue weighted by molar-refractivity contribution is 5.27. The van der Waals surface area contributed by atoms with Crippen molar-refractivity contribution >= 4 is 0 Å². The largest absolute Gasteiger partial charge is 0.151 e. The van der Waals surface area contributed by atoms with Crippen LogP contribution in [0, 0.1) is 11.8 Å². The number of benzene rings is 1. The summed E-state index contributed by atoms with van der Waals surface area (Å²) in [5.74, 6) is 0.903. The SMILES string of the molecule is CN=O.Cc1ccc(C2CC2)cc1. The molecule has 0 aromatic heterocycles. The van der Waals surface area contributed by atoms with Gasteiger partial charge in [-0.2, -0.15) is 4.91 Å². The second kappa shape index (κ2) is 4.75. The fourth-order valence-corrected chi connectivity index (χ4v) is 1.26. The Morgan fingerprint density at radius 3 is 2.08 bits per heavy atom. The zero-order valence-corrected chi connectivity index (χ0v) is 8.16. The number of nitrogens with zero attached hydrogens (tertiary/aromatic N) is 1. The Morgan fingerprint density at radius 1 is 1.23 bits per heavy atom. The highest BCUT2D eigenvalue weighted by Crippen LogP contribution is 2.39. The Labute approximate surface area is 79.0 Å². The molecule has 0 aliphatic heterocycles. The third kappa shape index (κ3) is 3.36. The molecule has 0 amide bonds. The van der Waals surface area contributed by atoms with E-state index in [2.05, 4.69) is 36.4 Å². The lowest BCUT2D eigenvalue weighted by atomic mass is 10.1. The molecule has 1 saturated carbocycles. The summed E-state index contributed by atoms with van der Waals surface area (Å²) in [7, 11) is 1.19. The summed E-state index contributed by atoms with van der Waals surface area (Å²) in [5.41, 5.74) is 2.90. The summed E-state index contributed by atoms with van der Waals surface area (Å²) < 4.78 is 0. The molecule has 1 aromatic carbocycles. The van der Waals surface area contributed by atoms with E-state index in [1.807, 2.05) is 0 Å². The standard InChI is InChI=1S/C10H12.CH3NO/c1-8-2-4-9(5-3-8)10-6-7-10;1-2-3/h2-5,10H,6-7H2,1H3;1H3. The van der Waals surface area contributed by atoms with E-state index in [1.165, 1.54) is 31.0 Å². The zero-order valence-electron chi connectivity index (χ0n) is 8.16. The van der Waals surface area contributed by atoms with Gasteiger partial charge < -0.3 is 0 Å². The van der Waals surface area contributed by atoms with E-state index in [4.69, 9.17) is 4.91 Å². The lowest BCUT2D eigenvalue weighted by Crippen LogP contribution is -1.77. The number of rotatable bonds is 1. The lowest BCUT2D eigenvalue weighted by molar-refractivity contribution is 1.13. The van der Waals surface area contributed by atoms with Crippen molar-refractivity contribution in [2.24, 2.45) is 5.18 Å². The molecule has 0 saturated heterocycles. The first kappa shape index (κ1) is 9.90. The van der Waals surface area contributed by atoms with Crippen molar-refractivity contribution in [3.8, 4) is 0 Å². The van der Waals surface area contributed by atoms with Gasteiger partial charge in [-0.1, -0.05) is 35.0 Å². The number of hydrogen-bond acceptors (Lipinski definition) is 2. The maximum atomic E-state index is 8.56. The van der Waals surface area contributed by atoms with Gasteiger partial charge in [-0.05, 0) is 31.2 Å². The molecule has 0 heterocycles. The first-order chi connectivity index (χ1) is 6.27. The molecule has 2 rings (SSSR count). The first-order valence-electron chi connectivity index (χ1n) is 4.56. The van der Waals surface area contributed by atoms with Gasteiger partial charge >= 0.3 is 0 Å². The van der Waals surface area contributed by atoms with Gasteiger partial charge in [0.15, 0.2) is 0 Å². The monoisotopic (exact) mass is 177 g/mol. The molecule has 0 radical (unpaired) electrons. The summed E-state index contributed by atoms with van der Waals surface area (Å²) in [5, 5.41) is 2.25. The van der Waals surface area contributed by atoms with Gasteiger partial charge in [0.1, 0.15) is 0 Å². The van der Waals surface area contributed by atoms with Crippen LogP contribution in [0.15, 0.2) is 29.4 Å². The average molecular weight is 177 g/mol. The third-order valence-corrected chi connectivity index (χ3v) is 2.13. The third-order valence-electron chi connectivity index (χ3n) is 2.13. The van der Waals surface area contributed by atoms with E-state index in [0.717, 1.165) is 5.92 Å². The van der Waals surface area contributed by atoms with Crippen molar-refractivity contribution in [1.29, 1.82) is 0 Å². The zero-order chi connectivity index (χ0) is 9.68. The molecule has 13 heavy (non-hydrogen) atoms. The van der Waals surface area contributed by atoms with Crippen LogP contribution in [0.4, 0.5) is 0 Å².